The smallest absolute Gasteiger partial charge is 0.311 e. The number of carboxylic acids is 1. The van der Waals surface area contributed by atoms with Crippen LogP contribution in [0, 0.1) is 6.92 Å². The third-order valence-electron chi connectivity index (χ3n) is 2.10. The summed E-state index contributed by atoms with van der Waals surface area (Å²) in [4.78, 5) is 21.8. The van der Waals surface area contributed by atoms with E-state index in [0.29, 0.717) is 5.82 Å². The lowest BCUT2D eigenvalue weighted by molar-refractivity contribution is -0.136. The van der Waals surface area contributed by atoms with Crippen molar-refractivity contribution in [2.24, 2.45) is 0 Å². The molecule has 0 saturated heterocycles. The van der Waals surface area contributed by atoms with Crippen LogP contribution in [-0.2, 0) is 11.2 Å². The summed E-state index contributed by atoms with van der Waals surface area (Å²) in [6, 6.07) is 3.71. The number of nitrogens with zero attached hydrogens (tertiary/aromatic N) is 2. The molecule has 2 aromatic rings. The van der Waals surface area contributed by atoms with Crippen LogP contribution < -0.4 is 0 Å². The van der Waals surface area contributed by atoms with Crippen LogP contribution in [-0.4, -0.2) is 26.0 Å². The Morgan fingerprint density at radius 2 is 2.31 bits per heavy atom. The Bertz CT molecular complexity index is 506. The molecule has 0 aliphatic heterocycles. The van der Waals surface area contributed by atoms with E-state index in [2.05, 4.69) is 15.0 Å². The number of hydrogen-bond donors (Lipinski definition) is 2. The van der Waals surface area contributed by atoms with Crippen LogP contribution in [0.3, 0.4) is 0 Å². The van der Waals surface area contributed by atoms with E-state index in [0.717, 1.165) is 17.0 Å². The molecule has 0 amide bonds. The first-order valence-electron chi connectivity index (χ1n) is 4.84. The van der Waals surface area contributed by atoms with Gasteiger partial charge in [-0.15, -0.1) is 0 Å². The molecule has 0 radical (unpaired) electrons. The highest BCUT2D eigenvalue weighted by Crippen LogP contribution is 2.16. The van der Waals surface area contributed by atoms with Gasteiger partial charge in [-0.3, -0.25) is 4.79 Å². The third kappa shape index (κ3) is 2.25. The van der Waals surface area contributed by atoms with E-state index in [1.165, 1.54) is 0 Å². The van der Waals surface area contributed by atoms with Crippen molar-refractivity contribution in [1.82, 2.24) is 15.0 Å². The lowest BCUT2D eigenvalue weighted by atomic mass is 10.2. The van der Waals surface area contributed by atoms with Crippen LogP contribution in [0.15, 0.2) is 24.5 Å². The number of rotatable bonds is 3. The molecule has 2 aromatic heterocycles. The maximum atomic E-state index is 10.6. The molecule has 5 nitrogen and oxygen atoms in total. The summed E-state index contributed by atoms with van der Waals surface area (Å²) < 4.78 is 0. The maximum Gasteiger partial charge on any atom is 0.311 e. The zero-order valence-electron chi connectivity index (χ0n) is 8.77. The molecule has 0 aliphatic rings. The topological polar surface area (TPSA) is 78.9 Å². The standard InChI is InChI=1S/C11H11N3O2/c1-7-4-9(8-2-3-12-6-8)14-10(13-7)5-11(15)16/h2-4,6,12H,5H2,1H3,(H,15,16). The molecule has 0 unspecified atom stereocenters. The second-order valence-corrected chi connectivity index (χ2v) is 3.48. The number of carbonyl (C=O) groups is 1. The highest BCUT2D eigenvalue weighted by atomic mass is 16.4. The first-order chi connectivity index (χ1) is 7.65. The molecule has 0 spiro atoms. The molecule has 0 fully saturated rings. The maximum absolute atomic E-state index is 10.6. The summed E-state index contributed by atoms with van der Waals surface area (Å²) in [5.74, 6) is -0.589. The van der Waals surface area contributed by atoms with E-state index >= 15 is 0 Å². The minimum atomic E-state index is -0.925. The largest absolute Gasteiger partial charge is 0.481 e. The molecule has 0 bridgehead atoms. The molecular formula is C11H11N3O2. The van der Waals surface area contributed by atoms with Crippen LogP contribution in [0.25, 0.3) is 11.3 Å². The Labute approximate surface area is 92.2 Å². The average Bonchev–Trinajstić information content (AvgIpc) is 2.67. The second kappa shape index (κ2) is 4.14. The van der Waals surface area contributed by atoms with Crippen molar-refractivity contribution in [2.45, 2.75) is 13.3 Å². The monoisotopic (exact) mass is 217 g/mol. The van der Waals surface area contributed by atoms with Crippen LogP contribution in [0.5, 0.6) is 0 Å². The Hall–Kier alpha value is -2.17. The first-order valence-corrected chi connectivity index (χ1v) is 4.84. The van der Waals surface area contributed by atoms with E-state index in [4.69, 9.17) is 5.11 Å². The van der Waals surface area contributed by atoms with Crippen LogP contribution in [0.4, 0.5) is 0 Å². The average molecular weight is 217 g/mol. The zero-order chi connectivity index (χ0) is 11.5. The number of aryl methyl sites for hydroxylation is 1. The number of hydrogen-bond acceptors (Lipinski definition) is 3. The number of nitrogens with one attached hydrogen (secondary N) is 1. The predicted octanol–water partition coefficient (Wildman–Crippen LogP) is 1.41. The fourth-order valence-electron chi connectivity index (χ4n) is 1.48. The van der Waals surface area contributed by atoms with E-state index < -0.39 is 5.97 Å². The zero-order valence-corrected chi connectivity index (χ0v) is 8.77. The van der Waals surface area contributed by atoms with Gasteiger partial charge in [0.1, 0.15) is 12.2 Å². The minimum absolute atomic E-state index is 0.154. The Kier molecular flexibility index (Phi) is 2.68. The molecule has 2 heterocycles. The molecule has 2 rings (SSSR count). The van der Waals surface area contributed by atoms with Gasteiger partial charge in [0.25, 0.3) is 0 Å². The molecular weight excluding hydrogens is 206 g/mol. The molecule has 0 saturated carbocycles. The summed E-state index contributed by atoms with van der Waals surface area (Å²) >= 11 is 0. The van der Waals surface area contributed by atoms with Gasteiger partial charge in [0.2, 0.25) is 0 Å². The van der Waals surface area contributed by atoms with Gasteiger partial charge in [0, 0.05) is 23.7 Å². The van der Waals surface area contributed by atoms with Gasteiger partial charge >= 0.3 is 5.97 Å². The quantitative estimate of drug-likeness (QED) is 0.814. The fraction of sp³-hybridized carbons (Fsp3) is 0.182. The van der Waals surface area contributed by atoms with Gasteiger partial charge in [0.15, 0.2) is 0 Å². The van der Waals surface area contributed by atoms with Crippen molar-refractivity contribution in [1.29, 1.82) is 0 Å². The van der Waals surface area contributed by atoms with E-state index in [1.807, 2.05) is 25.3 Å². The third-order valence-corrected chi connectivity index (χ3v) is 2.10. The summed E-state index contributed by atoms with van der Waals surface area (Å²) in [6.07, 6.45) is 3.45. The minimum Gasteiger partial charge on any atom is -0.481 e. The van der Waals surface area contributed by atoms with Crippen molar-refractivity contribution in [3.63, 3.8) is 0 Å². The van der Waals surface area contributed by atoms with Gasteiger partial charge in [-0.1, -0.05) is 0 Å². The van der Waals surface area contributed by atoms with Gasteiger partial charge < -0.3 is 10.1 Å². The molecule has 0 atom stereocenters. The number of aliphatic carboxylic acids is 1. The SMILES string of the molecule is Cc1cc(-c2cc[nH]c2)nc(CC(=O)O)n1. The van der Waals surface area contributed by atoms with E-state index in [9.17, 15) is 4.79 Å². The summed E-state index contributed by atoms with van der Waals surface area (Å²) in [5.41, 5.74) is 2.43. The number of carboxylic acid groups (broad SMARTS) is 1. The van der Waals surface area contributed by atoms with E-state index in [-0.39, 0.29) is 6.42 Å². The van der Waals surface area contributed by atoms with Crippen molar-refractivity contribution < 1.29 is 9.90 Å². The summed E-state index contributed by atoms with van der Waals surface area (Å²) in [7, 11) is 0. The first kappa shape index (κ1) is 10.4. The fourth-order valence-corrected chi connectivity index (χ4v) is 1.48. The van der Waals surface area contributed by atoms with Crippen molar-refractivity contribution >= 4 is 5.97 Å². The molecule has 0 aromatic carbocycles. The van der Waals surface area contributed by atoms with Crippen molar-refractivity contribution in [3.8, 4) is 11.3 Å². The normalized spacial score (nSPS) is 10.3. The second-order valence-electron chi connectivity index (χ2n) is 3.48. The van der Waals surface area contributed by atoms with Crippen molar-refractivity contribution in [2.75, 3.05) is 0 Å². The lowest BCUT2D eigenvalue weighted by Crippen LogP contribution is -2.06. The molecule has 2 N–H and O–H groups in total. The number of aromatic amines is 1. The highest BCUT2D eigenvalue weighted by Gasteiger charge is 2.08. The van der Waals surface area contributed by atoms with Gasteiger partial charge in [0.05, 0.1) is 5.69 Å². The van der Waals surface area contributed by atoms with Crippen LogP contribution in [0.1, 0.15) is 11.5 Å². The Balaban J connectivity index is 2.40. The number of H-pyrrole nitrogens is 1. The number of aromatic nitrogens is 3. The molecule has 0 aliphatic carbocycles. The summed E-state index contributed by atoms with van der Waals surface area (Å²) in [6.45, 7) is 1.82. The van der Waals surface area contributed by atoms with Crippen molar-refractivity contribution in [3.05, 3.63) is 36.0 Å². The summed E-state index contributed by atoms with van der Waals surface area (Å²) in [5, 5.41) is 8.69. The molecule has 82 valence electrons. The Morgan fingerprint density at radius 3 is 2.94 bits per heavy atom. The van der Waals surface area contributed by atoms with Gasteiger partial charge in [-0.25, -0.2) is 9.97 Å². The Morgan fingerprint density at radius 1 is 1.50 bits per heavy atom. The molecule has 16 heavy (non-hydrogen) atoms. The highest BCUT2D eigenvalue weighted by molar-refractivity contribution is 5.69. The molecule has 5 heteroatoms. The van der Waals surface area contributed by atoms with Crippen LogP contribution in [0.2, 0.25) is 0 Å². The van der Waals surface area contributed by atoms with Gasteiger partial charge in [-0.05, 0) is 19.1 Å². The van der Waals surface area contributed by atoms with Crippen LogP contribution >= 0.6 is 0 Å². The van der Waals surface area contributed by atoms with Gasteiger partial charge in [-0.2, -0.15) is 0 Å². The lowest BCUT2D eigenvalue weighted by Gasteiger charge is -2.02. The van der Waals surface area contributed by atoms with E-state index in [1.54, 1.807) is 6.20 Å². The predicted molar refractivity (Wildman–Crippen MR) is 57.9 cm³/mol.